The Hall–Kier alpha value is -2.51. The van der Waals surface area contributed by atoms with Crippen LogP contribution in [0.4, 0.5) is 10.1 Å². The van der Waals surface area contributed by atoms with E-state index in [1.807, 2.05) is 36.3 Å². The van der Waals surface area contributed by atoms with Crippen LogP contribution in [-0.2, 0) is 14.3 Å². The molecule has 0 radical (unpaired) electrons. The lowest BCUT2D eigenvalue weighted by atomic mass is 10.1. The maximum Gasteiger partial charge on any atom is 0.282 e. The number of amides is 2. The van der Waals surface area contributed by atoms with E-state index in [9.17, 15) is 14.0 Å². The monoisotopic (exact) mass is 386 g/mol. The lowest BCUT2D eigenvalue weighted by molar-refractivity contribution is -0.121. The number of carbonyl (C=O) groups is 2. The molecule has 0 aliphatic carbocycles. The molecular weight excluding hydrogens is 367 g/mol. The molecule has 0 bridgehead atoms. The molecule has 4 rings (SSSR count). The van der Waals surface area contributed by atoms with Crippen molar-refractivity contribution in [2.24, 2.45) is 0 Å². The Bertz CT molecular complexity index is 915. The van der Waals surface area contributed by atoms with E-state index in [1.165, 1.54) is 29.5 Å². The van der Waals surface area contributed by atoms with E-state index < -0.39 is 17.6 Å². The highest BCUT2D eigenvalue weighted by Crippen LogP contribution is 2.37. The van der Waals surface area contributed by atoms with Crippen LogP contribution >= 0.6 is 11.3 Å². The van der Waals surface area contributed by atoms with E-state index in [1.54, 1.807) is 6.07 Å². The van der Waals surface area contributed by atoms with Gasteiger partial charge in [-0.25, -0.2) is 9.29 Å². The van der Waals surface area contributed by atoms with Gasteiger partial charge in [0.05, 0.1) is 23.5 Å². The largest absolute Gasteiger partial charge is 0.372 e. The zero-order chi connectivity index (χ0) is 19.1. The second kappa shape index (κ2) is 6.90. The Morgan fingerprint density at radius 3 is 2.44 bits per heavy atom. The topological polar surface area (TPSA) is 49.9 Å². The molecule has 140 valence electrons. The van der Waals surface area contributed by atoms with Gasteiger partial charge in [-0.1, -0.05) is 12.1 Å². The molecule has 0 spiro atoms. The Labute approximate surface area is 160 Å². The fourth-order valence-corrected chi connectivity index (χ4v) is 4.43. The van der Waals surface area contributed by atoms with Gasteiger partial charge in [0.25, 0.3) is 11.8 Å². The molecule has 1 aromatic heterocycles. The molecule has 2 aliphatic heterocycles. The Balaban J connectivity index is 1.81. The number of anilines is 1. The van der Waals surface area contributed by atoms with Crippen molar-refractivity contribution in [3.63, 3.8) is 0 Å². The van der Waals surface area contributed by atoms with Crippen molar-refractivity contribution in [3.05, 3.63) is 58.2 Å². The van der Waals surface area contributed by atoms with Gasteiger partial charge >= 0.3 is 0 Å². The van der Waals surface area contributed by atoms with Gasteiger partial charge in [0.1, 0.15) is 11.5 Å². The Morgan fingerprint density at radius 1 is 1.07 bits per heavy atom. The van der Waals surface area contributed by atoms with Gasteiger partial charge < -0.3 is 9.64 Å². The van der Waals surface area contributed by atoms with Gasteiger partial charge in [-0.05, 0) is 43.5 Å². The molecule has 2 aromatic rings. The molecule has 2 amide bonds. The number of morpholine rings is 1. The molecule has 27 heavy (non-hydrogen) atoms. The summed E-state index contributed by atoms with van der Waals surface area (Å²) >= 11 is 1.41. The predicted molar refractivity (Wildman–Crippen MR) is 102 cm³/mol. The second-order valence-corrected chi connectivity index (χ2v) is 7.74. The standard InChI is InChI=1S/C20H19FN2O3S/c1-12-10-22(11-13(2)26-12)18-17(16-7-4-8-27-16)19(24)23(20(18)25)15-6-3-5-14(21)9-15/h3-9,12-13H,10-11H2,1-2H3. The SMILES string of the molecule is CC1CN(C2=C(c3cccs3)C(=O)N(c3cccc(F)c3)C2=O)CC(C)O1. The van der Waals surface area contributed by atoms with E-state index in [0.29, 0.717) is 24.4 Å². The fraction of sp³-hybridized carbons (Fsp3) is 0.300. The summed E-state index contributed by atoms with van der Waals surface area (Å²) in [5.41, 5.74) is 0.984. The van der Waals surface area contributed by atoms with E-state index in [-0.39, 0.29) is 17.9 Å². The van der Waals surface area contributed by atoms with Gasteiger partial charge in [-0.3, -0.25) is 9.59 Å². The lowest BCUT2D eigenvalue weighted by Crippen LogP contribution is -2.47. The van der Waals surface area contributed by atoms with Crippen LogP contribution in [0, 0.1) is 5.82 Å². The number of nitrogens with zero attached hydrogens (tertiary/aromatic N) is 2. The second-order valence-electron chi connectivity index (χ2n) is 6.79. The summed E-state index contributed by atoms with van der Waals surface area (Å²) in [6, 6.07) is 9.22. The number of halogens is 1. The van der Waals surface area contributed by atoms with Crippen LogP contribution in [0.3, 0.4) is 0 Å². The highest BCUT2D eigenvalue weighted by Gasteiger charge is 2.44. The molecule has 3 heterocycles. The molecule has 2 unspecified atom stereocenters. The third-order valence-electron chi connectivity index (χ3n) is 4.63. The molecule has 0 saturated carbocycles. The number of benzene rings is 1. The van der Waals surface area contributed by atoms with Crippen LogP contribution in [-0.4, -0.2) is 42.0 Å². The molecule has 1 aromatic carbocycles. The van der Waals surface area contributed by atoms with E-state index in [4.69, 9.17) is 4.74 Å². The average molecular weight is 386 g/mol. The zero-order valence-electron chi connectivity index (χ0n) is 15.0. The molecule has 2 atom stereocenters. The lowest BCUT2D eigenvalue weighted by Gasteiger charge is -2.37. The van der Waals surface area contributed by atoms with E-state index in [0.717, 1.165) is 9.78 Å². The highest BCUT2D eigenvalue weighted by molar-refractivity contribution is 7.11. The van der Waals surface area contributed by atoms with Gasteiger partial charge in [-0.2, -0.15) is 0 Å². The first-order chi connectivity index (χ1) is 13.0. The summed E-state index contributed by atoms with van der Waals surface area (Å²) in [6.07, 6.45) is -0.117. The maximum absolute atomic E-state index is 13.7. The number of hydrogen-bond donors (Lipinski definition) is 0. The summed E-state index contributed by atoms with van der Waals surface area (Å²) in [4.78, 5) is 30.2. The third-order valence-corrected chi connectivity index (χ3v) is 5.52. The number of hydrogen-bond acceptors (Lipinski definition) is 5. The van der Waals surface area contributed by atoms with E-state index >= 15 is 0 Å². The maximum atomic E-state index is 13.7. The highest BCUT2D eigenvalue weighted by atomic mass is 32.1. The molecule has 1 saturated heterocycles. The fourth-order valence-electron chi connectivity index (χ4n) is 3.66. The minimum atomic E-state index is -0.493. The number of rotatable bonds is 3. The average Bonchev–Trinajstić information content (AvgIpc) is 3.20. The summed E-state index contributed by atoms with van der Waals surface area (Å²) in [5.74, 6) is -1.34. The molecule has 1 fully saturated rings. The quantitative estimate of drug-likeness (QED) is 0.760. The van der Waals surface area contributed by atoms with Crippen molar-refractivity contribution in [2.45, 2.75) is 26.1 Å². The smallest absolute Gasteiger partial charge is 0.282 e. The first kappa shape index (κ1) is 17.9. The van der Waals surface area contributed by atoms with Crippen LogP contribution in [0.1, 0.15) is 18.7 Å². The number of imide groups is 1. The third kappa shape index (κ3) is 3.17. The van der Waals surface area contributed by atoms with Gasteiger partial charge in [0.15, 0.2) is 0 Å². The van der Waals surface area contributed by atoms with Crippen molar-refractivity contribution >= 4 is 34.4 Å². The Kier molecular flexibility index (Phi) is 4.57. The van der Waals surface area contributed by atoms with Crippen molar-refractivity contribution < 1.29 is 18.7 Å². The number of carbonyl (C=O) groups excluding carboxylic acids is 2. The predicted octanol–water partition coefficient (Wildman–Crippen LogP) is 3.28. The summed E-state index contributed by atoms with van der Waals surface area (Å²) in [7, 11) is 0. The zero-order valence-corrected chi connectivity index (χ0v) is 15.8. The van der Waals surface area contributed by atoms with Crippen molar-refractivity contribution in [1.29, 1.82) is 0 Å². The van der Waals surface area contributed by atoms with Gasteiger partial charge in [0, 0.05) is 18.0 Å². The van der Waals surface area contributed by atoms with Crippen LogP contribution in [0.25, 0.3) is 5.57 Å². The molecule has 7 heteroatoms. The minimum Gasteiger partial charge on any atom is -0.372 e. The van der Waals surface area contributed by atoms with E-state index in [2.05, 4.69) is 0 Å². The molecule has 0 N–H and O–H groups in total. The minimum absolute atomic E-state index is 0.0584. The number of thiophene rings is 1. The van der Waals surface area contributed by atoms with Crippen LogP contribution in [0.5, 0.6) is 0 Å². The first-order valence-corrected chi connectivity index (χ1v) is 9.66. The summed E-state index contributed by atoms with van der Waals surface area (Å²) in [6.45, 7) is 4.92. The van der Waals surface area contributed by atoms with Gasteiger partial charge in [-0.15, -0.1) is 11.3 Å². The summed E-state index contributed by atoms with van der Waals surface area (Å²) < 4.78 is 19.5. The van der Waals surface area contributed by atoms with Crippen molar-refractivity contribution in [3.8, 4) is 0 Å². The molecule has 2 aliphatic rings. The summed E-state index contributed by atoms with van der Waals surface area (Å²) in [5, 5.41) is 1.87. The van der Waals surface area contributed by atoms with Gasteiger partial charge in [0.2, 0.25) is 0 Å². The first-order valence-electron chi connectivity index (χ1n) is 8.78. The van der Waals surface area contributed by atoms with Crippen LogP contribution < -0.4 is 4.90 Å². The number of ether oxygens (including phenoxy) is 1. The van der Waals surface area contributed by atoms with Crippen LogP contribution in [0.2, 0.25) is 0 Å². The molecule has 5 nitrogen and oxygen atoms in total. The van der Waals surface area contributed by atoms with Crippen molar-refractivity contribution in [1.82, 2.24) is 4.90 Å². The normalized spacial score (nSPS) is 23.5. The Morgan fingerprint density at radius 2 is 1.81 bits per heavy atom. The molecular formula is C20H19FN2O3S. The van der Waals surface area contributed by atoms with Crippen LogP contribution in [0.15, 0.2) is 47.5 Å². The van der Waals surface area contributed by atoms with Crippen molar-refractivity contribution in [2.75, 3.05) is 18.0 Å².